The summed E-state index contributed by atoms with van der Waals surface area (Å²) in [5, 5.41) is 11.8. The fraction of sp³-hybridized carbons (Fsp3) is 0.917. The Morgan fingerprint density at radius 1 is 1.44 bits per heavy atom. The number of likely N-dealkylation sites (tertiary alicyclic amines) is 1. The number of carboxylic acids is 1. The Kier molecular flexibility index (Phi) is 5.22. The number of nitrogens with one attached hydrogen (secondary N) is 1. The van der Waals surface area contributed by atoms with Crippen LogP contribution in [0.15, 0.2) is 0 Å². The van der Waals surface area contributed by atoms with E-state index in [0.717, 1.165) is 6.54 Å². The molecule has 1 aliphatic heterocycles. The maximum atomic E-state index is 10.9. The first-order chi connectivity index (χ1) is 7.56. The predicted octanol–water partition coefficient (Wildman–Crippen LogP) is 1.31. The summed E-state index contributed by atoms with van der Waals surface area (Å²) in [4.78, 5) is 13.3. The molecule has 0 aliphatic carbocycles. The van der Waals surface area contributed by atoms with Crippen molar-refractivity contribution in [1.82, 2.24) is 10.2 Å². The van der Waals surface area contributed by atoms with E-state index >= 15 is 0 Å². The zero-order chi connectivity index (χ0) is 12.1. The number of carboxylic acid groups (broad SMARTS) is 1. The van der Waals surface area contributed by atoms with E-state index in [1.807, 2.05) is 0 Å². The highest BCUT2D eigenvalue weighted by Crippen LogP contribution is 2.22. The van der Waals surface area contributed by atoms with E-state index in [9.17, 15) is 4.79 Å². The van der Waals surface area contributed by atoms with Gasteiger partial charge in [0.25, 0.3) is 0 Å². The molecule has 4 nitrogen and oxygen atoms in total. The van der Waals surface area contributed by atoms with Gasteiger partial charge in [0.1, 0.15) is 6.04 Å². The summed E-state index contributed by atoms with van der Waals surface area (Å²) in [6, 6.07) is 0.770. The molecule has 3 unspecified atom stereocenters. The van der Waals surface area contributed by atoms with Crippen molar-refractivity contribution >= 4 is 5.97 Å². The fourth-order valence-electron chi connectivity index (χ4n) is 2.58. The van der Waals surface area contributed by atoms with Gasteiger partial charge in [-0.25, -0.2) is 0 Å². The SMILES string of the molecule is CNC(CCN1C(C)CCCC1C)C(=O)O. The van der Waals surface area contributed by atoms with Gasteiger partial charge in [0.15, 0.2) is 0 Å². The number of hydrogen-bond donors (Lipinski definition) is 2. The normalized spacial score (nSPS) is 28.9. The largest absolute Gasteiger partial charge is 0.480 e. The van der Waals surface area contributed by atoms with Crippen molar-refractivity contribution in [2.75, 3.05) is 13.6 Å². The Morgan fingerprint density at radius 3 is 2.44 bits per heavy atom. The lowest BCUT2D eigenvalue weighted by Crippen LogP contribution is -2.46. The van der Waals surface area contributed by atoms with E-state index < -0.39 is 12.0 Å². The second-order valence-electron chi connectivity index (χ2n) is 4.83. The molecular weight excluding hydrogens is 204 g/mol. The molecule has 0 amide bonds. The Bertz CT molecular complexity index is 223. The Balaban J connectivity index is 2.42. The van der Waals surface area contributed by atoms with Gasteiger partial charge in [-0.15, -0.1) is 0 Å². The minimum atomic E-state index is -0.750. The van der Waals surface area contributed by atoms with Crippen LogP contribution in [0.5, 0.6) is 0 Å². The van der Waals surface area contributed by atoms with E-state index in [-0.39, 0.29) is 0 Å². The lowest BCUT2D eigenvalue weighted by molar-refractivity contribution is -0.139. The Labute approximate surface area is 98.0 Å². The van der Waals surface area contributed by atoms with Crippen LogP contribution in [-0.2, 0) is 4.79 Å². The van der Waals surface area contributed by atoms with Crippen LogP contribution < -0.4 is 5.32 Å². The zero-order valence-electron chi connectivity index (χ0n) is 10.6. The number of hydrogen-bond acceptors (Lipinski definition) is 3. The van der Waals surface area contributed by atoms with Crippen molar-refractivity contribution in [1.29, 1.82) is 0 Å². The maximum Gasteiger partial charge on any atom is 0.320 e. The summed E-state index contributed by atoms with van der Waals surface area (Å²) in [6.45, 7) is 5.36. The average molecular weight is 228 g/mol. The minimum Gasteiger partial charge on any atom is -0.480 e. The molecule has 0 saturated carbocycles. The number of carbonyl (C=O) groups is 1. The van der Waals surface area contributed by atoms with Crippen LogP contribution in [0.25, 0.3) is 0 Å². The molecule has 0 aromatic carbocycles. The summed E-state index contributed by atoms with van der Waals surface area (Å²) in [5.74, 6) is -0.750. The van der Waals surface area contributed by atoms with Crippen LogP contribution in [0.3, 0.4) is 0 Å². The molecule has 0 radical (unpaired) electrons. The second kappa shape index (κ2) is 6.21. The lowest BCUT2D eigenvalue weighted by Gasteiger charge is -2.39. The van der Waals surface area contributed by atoms with Crippen LogP contribution in [0.1, 0.15) is 39.5 Å². The quantitative estimate of drug-likeness (QED) is 0.745. The molecule has 0 bridgehead atoms. The number of rotatable bonds is 5. The lowest BCUT2D eigenvalue weighted by atomic mass is 9.97. The number of nitrogens with zero attached hydrogens (tertiary/aromatic N) is 1. The molecule has 1 saturated heterocycles. The molecule has 0 aromatic heterocycles. The van der Waals surface area contributed by atoms with Gasteiger partial charge < -0.3 is 10.4 Å². The van der Waals surface area contributed by atoms with Gasteiger partial charge in [0.2, 0.25) is 0 Å². The minimum absolute atomic E-state index is 0.415. The van der Waals surface area contributed by atoms with E-state index in [4.69, 9.17) is 5.11 Å². The predicted molar refractivity (Wildman–Crippen MR) is 64.6 cm³/mol. The summed E-state index contributed by atoms with van der Waals surface area (Å²) in [5.41, 5.74) is 0. The van der Waals surface area contributed by atoms with E-state index in [0.29, 0.717) is 18.5 Å². The van der Waals surface area contributed by atoms with Crippen molar-refractivity contribution in [2.45, 2.75) is 57.7 Å². The third-order valence-electron chi connectivity index (χ3n) is 3.70. The summed E-state index contributed by atoms with van der Waals surface area (Å²) >= 11 is 0. The highest BCUT2D eigenvalue weighted by atomic mass is 16.4. The molecule has 0 aromatic rings. The molecule has 0 spiro atoms. The molecule has 16 heavy (non-hydrogen) atoms. The van der Waals surface area contributed by atoms with Gasteiger partial charge >= 0.3 is 5.97 Å². The molecule has 3 atom stereocenters. The first-order valence-electron chi connectivity index (χ1n) is 6.22. The molecule has 1 heterocycles. The maximum absolute atomic E-state index is 10.9. The number of piperidine rings is 1. The standard InChI is InChI=1S/C12H24N2O2/c1-9-5-4-6-10(2)14(9)8-7-11(13-3)12(15)16/h9-11,13H,4-8H2,1-3H3,(H,15,16). The van der Waals surface area contributed by atoms with E-state index in [1.165, 1.54) is 19.3 Å². The van der Waals surface area contributed by atoms with Crippen molar-refractivity contribution < 1.29 is 9.90 Å². The van der Waals surface area contributed by atoms with Crippen LogP contribution >= 0.6 is 0 Å². The summed E-state index contributed by atoms with van der Waals surface area (Å²) < 4.78 is 0. The summed E-state index contributed by atoms with van der Waals surface area (Å²) in [7, 11) is 1.71. The molecule has 1 fully saturated rings. The molecule has 1 aliphatic rings. The molecule has 4 heteroatoms. The zero-order valence-corrected chi connectivity index (χ0v) is 10.6. The molecular formula is C12H24N2O2. The van der Waals surface area contributed by atoms with Crippen molar-refractivity contribution in [3.8, 4) is 0 Å². The third kappa shape index (κ3) is 3.46. The monoisotopic (exact) mass is 228 g/mol. The van der Waals surface area contributed by atoms with Crippen LogP contribution in [0, 0.1) is 0 Å². The molecule has 94 valence electrons. The van der Waals surface area contributed by atoms with Crippen molar-refractivity contribution in [3.05, 3.63) is 0 Å². The number of aliphatic carboxylic acids is 1. The van der Waals surface area contributed by atoms with Crippen LogP contribution in [0.4, 0.5) is 0 Å². The van der Waals surface area contributed by atoms with Gasteiger partial charge in [-0.2, -0.15) is 0 Å². The highest BCUT2D eigenvalue weighted by Gasteiger charge is 2.25. The highest BCUT2D eigenvalue weighted by molar-refractivity contribution is 5.73. The van der Waals surface area contributed by atoms with Crippen molar-refractivity contribution in [2.24, 2.45) is 0 Å². The van der Waals surface area contributed by atoms with Gasteiger partial charge in [-0.05, 0) is 40.2 Å². The Hall–Kier alpha value is -0.610. The van der Waals surface area contributed by atoms with Gasteiger partial charge in [-0.3, -0.25) is 9.69 Å². The molecule has 1 rings (SSSR count). The van der Waals surface area contributed by atoms with Crippen molar-refractivity contribution in [3.63, 3.8) is 0 Å². The van der Waals surface area contributed by atoms with E-state index in [1.54, 1.807) is 7.05 Å². The second-order valence-corrected chi connectivity index (χ2v) is 4.83. The first-order valence-corrected chi connectivity index (χ1v) is 6.22. The van der Waals surface area contributed by atoms with Gasteiger partial charge in [0.05, 0.1) is 0 Å². The summed E-state index contributed by atoms with van der Waals surface area (Å²) in [6.07, 6.45) is 4.46. The topological polar surface area (TPSA) is 52.6 Å². The van der Waals surface area contributed by atoms with Crippen LogP contribution in [-0.4, -0.2) is 47.7 Å². The van der Waals surface area contributed by atoms with Crippen LogP contribution in [0.2, 0.25) is 0 Å². The number of likely N-dealkylation sites (N-methyl/N-ethyl adjacent to an activating group) is 1. The van der Waals surface area contributed by atoms with E-state index in [2.05, 4.69) is 24.1 Å². The van der Waals surface area contributed by atoms with Gasteiger partial charge in [0, 0.05) is 18.6 Å². The smallest absolute Gasteiger partial charge is 0.320 e. The van der Waals surface area contributed by atoms with Gasteiger partial charge in [-0.1, -0.05) is 6.42 Å². The average Bonchev–Trinajstić information content (AvgIpc) is 2.22. The molecule has 2 N–H and O–H groups in total. The first kappa shape index (κ1) is 13.5. The Morgan fingerprint density at radius 2 is 2.00 bits per heavy atom. The third-order valence-corrected chi connectivity index (χ3v) is 3.70. The fourth-order valence-corrected chi connectivity index (χ4v) is 2.58.